The Balaban J connectivity index is 3.96. The molecule has 0 amide bonds. The summed E-state index contributed by atoms with van der Waals surface area (Å²) in [4.78, 5) is 10.6. The molecule has 0 heterocycles. The third-order valence-electron chi connectivity index (χ3n) is 1.84. The van der Waals surface area contributed by atoms with Crippen LogP contribution in [0.4, 0.5) is 13.2 Å². The second-order valence-electron chi connectivity index (χ2n) is 3.56. The summed E-state index contributed by atoms with van der Waals surface area (Å²) >= 11 is 1.01. The van der Waals surface area contributed by atoms with Crippen molar-refractivity contribution in [3.05, 3.63) is 0 Å². The summed E-state index contributed by atoms with van der Waals surface area (Å²) < 4.78 is 34.6. The van der Waals surface area contributed by atoms with Crippen molar-refractivity contribution in [1.29, 1.82) is 0 Å². The number of carbonyl (C=O) groups is 1. The molecule has 0 unspecified atom stereocenters. The van der Waals surface area contributed by atoms with E-state index in [0.29, 0.717) is 0 Å². The summed E-state index contributed by atoms with van der Waals surface area (Å²) in [6.45, 7) is 3.21. The Morgan fingerprint density at radius 3 is 2.12 bits per heavy atom. The predicted molar refractivity (Wildman–Crippen MR) is 60.7 cm³/mol. The largest absolute Gasteiger partial charge is 0.480 e. The summed E-state index contributed by atoms with van der Waals surface area (Å²) in [6, 6.07) is -1.09. The minimum Gasteiger partial charge on any atom is -0.480 e. The summed E-state index contributed by atoms with van der Waals surface area (Å²) in [7, 11) is 0. The molecule has 3 N–H and O–H groups in total. The van der Waals surface area contributed by atoms with Gasteiger partial charge in [0.2, 0.25) is 0 Å². The topological polar surface area (TPSA) is 63.3 Å². The van der Waals surface area contributed by atoms with E-state index in [1.54, 1.807) is 13.8 Å². The van der Waals surface area contributed by atoms with Gasteiger partial charge in [-0.1, -0.05) is 11.8 Å². The second-order valence-corrected chi connectivity index (χ2v) is 6.47. The first-order valence-corrected chi connectivity index (χ1v) is 6.36. The van der Waals surface area contributed by atoms with Gasteiger partial charge in [-0.2, -0.15) is 24.9 Å². The maximum atomic E-state index is 11.8. The molecule has 0 bridgehead atoms. The van der Waals surface area contributed by atoms with E-state index in [-0.39, 0.29) is 23.3 Å². The molecule has 0 fully saturated rings. The summed E-state index contributed by atoms with van der Waals surface area (Å²) in [6.07, 6.45) is 0. The van der Waals surface area contributed by atoms with Crippen LogP contribution in [0.15, 0.2) is 0 Å². The van der Waals surface area contributed by atoms with Gasteiger partial charge in [0.15, 0.2) is 0 Å². The molecule has 0 aromatic heterocycles. The van der Waals surface area contributed by atoms with Crippen LogP contribution in [0.1, 0.15) is 13.8 Å². The number of aliphatic carboxylic acids is 1. The highest BCUT2D eigenvalue weighted by molar-refractivity contribution is 8.04. The first-order chi connectivity index (χ1) is 7.06. The van der Waals surface area contributed by atoms with E-state index in [1.807, 2.05) is 0 Å². The molecular formula is C8H14F3NO2S2. The van der Waals surface area contributed by atoms with Crippen molar-refractivity contribution < 1.29 is 23.1 Å². The summed E-state index contributed by atoms with van der Waals surface area (Å²) in [5, 5.41) is 8.68. The van der Waals surface area contributed by atoms with E-state index in [9.17, 15) is 18.0 Å². The Morgan fingerprint density at radius 2 is 1.75 bits per heavy atom. The Kier molecular flexibility index (Phi) is 5.99. The molecule has 0 aromatic rings. The quantitative estimate of drug-likeness (QED) is 0.728. The van der Waals surface area contributed by atoms with Crippen molar-refractivity contribution in [2.24, 2.45) is 5.73 Å². The highest BCUT2D eigenvalue weighted by Crippen LogP contribution is 2.33. The van der Waals surface area contributed by atoms with Gasteiger partial charge < -0.3 is 10.8 Å². The van der Waals surface area contributed by atoms with Crippen molar-refractivity contribution in [1.82, 2.24) is 0 Å². The number of hydrogen-bond acceptors (Lipinski definition) is 4. The second kappa shape index (κ2) is 6.02. The number of thioether (sulfide) groups is 2. The fourth-order valence-corrected chi connectivity index (χ4v) is 2.55. The Morgan fingerprint density at radius 1 is 1.31 bits per heavy atom. The standard InChI is InChI=1S/C8H14F3NO2S2/c1-7(2,5(12)6(13)14)15-3-4-16-8(9,10)11/h5H,3-4,12H2,1-2H3,(H,13,14)/t5-/m0/s1. The zero-order valence-corrected chi connectivity index (χ0v) is 10.5. The molecule has 0 aliphatic rings. The molecule has 96 valence electrons. The van der Waals surface area contributed by atoms with Crippen molar-refractivity contribution in [2.75, 3.05) is 11.5 Å². The van der Waals surface area contributed by atoms with Gasteiger partial charge in [-0.15, -0.1) is 0 Å². The average Bonchev–Trinajstić information content (AvgIpc) is 2.09. The Labute approximate surface area is 100 Å². The maximum Gasteiger partial charge on any atom is 0.441 e. The van der Waals surface area contributed by atoms with E-state index < -0.39 is 22.3 Å². The number of nitrogens with two attached hydrogens (primary N) is 1. The van der Waals surface area contributed by atoms with Gasteiger partial charge >= 0.3 is 11.5 Å². The highest BCUT2D eigenvalue weighted by Gasteiger charge is 2.33. The zero-order chi connectivity index (χ0) is 13.0. The fourth-order valence-electron chi connectivity index (χ4n) is 0.849. The minimum absolute atomic E-state index is 0.107. The van der Waals surface area contributed by atoms with Crippen LogP contribution >= 0.6 is 23.5 Å². The van der Waals surface area contributed by atoms with Crippen LogP contribution in [0.2, 0.25) is 0 Å². The predicted octanol–water partition coefficient (Wildman–Crippen LogP) is 2.16. The Bertz CT molecular complexity index is 246. The molecule has 0 radical (unpaired) electrons. The maximum absolute atomic E-state index is 11.8. The van der Waals surface area contributed by atoms with Crippen LogP contribution in [0.3, 0.4) is 0 Å². The van der Waals surface area contributed by atoms with Crippen LogP contribution in [0.25, 0.3) is 0 Å². The van der Waals surface area contributed by atoms with Gasteiger partial charge in [-0.3, -0.25) is 4.79 Å². The van der Waals surface area contributed by atoms with Gasteiger partial charge in [0.05, 0.1) is 0 Å². The number of carboxylic acids is 1. The van der Waals surface area contributed by atoms with Crippen LogP contribution < -0.4 is 5.73 Å². The SMILES string of the molecule is CC(C)(SCCSC(F)(F)F)[C@@H](N)C(=O)O. The number of rotatable bonds is 6. The highest BCUT2D eigenvalue weighted by atomic mass is 32.2. The monoisotopic (exact) mass is 277 g/mol. The van der Waals surface area contributed by atoms with E-state index in [2.05, 4.69) is 0 Å². The van der Waals surface area contributed by atoms with Gasteiger partial charge in [-0.25, -0.2) is 0 Å². The van der Waals surface area contributed by atoms with Gasteiger partial charge in [0.1, 0.15) is 6.04 Å². The molecule has 0 spiro atoms. The molecule has 0 rings (SSSR count). The number of carboxylic acid groups (broad SMARTS) is 1. The lowest BCUT2D eigenvalue weighted by molar-refractivity contribution is -0.139. The first kappa shape index (κ1) is 15.9. The summed E-state index contributed by atoms with van der Waals surface area (Å²) in [5.41, 5.74) is 1.18. The van der Waals surface area contributed by atoms with E-state index >= 15 is 0 Å². The molecular weight excluding hydrogens is 263 g/mol. The molecule has 0 saturated carbocycles. The number of hydrogen-bond donors (Lipinski definition) is 2. The smallest absolute Gasteiger partial charge is 0.441 e. The van der Waals surface area contributed by atoms with Crippen molar-refractivity contribution >= 4 is 29.5 Å². The molecule has 0 aromatic carbocycles. The third kappa shape index (κ3) is 6.49. The first-order valence-electron chi connectivity index (χ1n) is 4.39. The molecule has 0 aliphatic carbocycles. The molecule has 1 atom stereocenters. The van der Waals surface area contributed by atoms with Crippen molar-refractivity contribution in [3.63, 3.8) is 0 Å². The molecule has 8 heteroatoms. The Hall–Kier alpha value is -0.0800. The lowest BCUT2D eigenvalue weighted by Gasteiger charge is -2.27. The van der Waals surface area contributed by atoms with E-state index in [0.717, 1.165) is 11.8 Å². The van der Waals surface area contributed by atoms with Crippen molar-refractivity contribution in [3.8, 4) is 0 Å². The summed E-state index contributed by atoms with van der Waals surface area (Å²) in [5.74, 6) is -1.05. The number of halogens is 3. The number of alkyl halides is 3. The molecule has 3 nitrogen and oxygen atoms in total. The van der Waals surface area contributed by atoms with Crippen LogP contribution in [-0.4, -0.2) is 38.9 Å². The zero-order valence-electron chi connectivity index (χ0n) is 8.87. The van der Waals surface area contributed by atoms with Gasteiger partial charge in [-0.05, 0) is 13.8 Å². The third-order valence-corrected chi connectivity index (χ3v) is 4.24. The average molecular weight is 277 g/mol. The van der Waals surface area contributed by atoms with E-state index in [4.69, 9.17) is 10.8 Å². The lowest BCUT2D eigenvalue weighted by Crippen LogP contribution is -2.47. The molecule has 0 aliphatic heterocycles. The van der Waals surface area contributed by atoms with Gasteiger partial charge in [0, 0.05) is 16.3 Å². The minimum atomic E-state index is -4.24. The van der Waals surface area contributed by atoms with Crippen LogP contribution in [-0.2, 0) is 4.79 Å². The van der Waals surface area contributed by atoms with Crippen LogP contribution in [0.5, 0.6) is 0 Å². The normalized spacial score (nSPS) is 14.9. The van der Waals surface area contributed by atoms with E-state index in [1.165, 1.54) is 0 Å². The van der Waals surface area contributed by atoms with Crippen molar-refractivity contribution in [2.45, 2.75) is 30.1 Å². The molecule has 0 saturated heterocycles. The lowest BCUT2D eigenvalue weighted by atomic mass is 10.1. The van der Waals surface area contributed by atoms with Crippen LogP contribution in [0, 0.1) is 0 Å². The molecule has 16 heavy (non-hydrogen) atoms. The van der Waals surface area contributed by atoms with Gasteiger partial charge in [0.25, 0.3) is 0 Å². The fraction of sp³-hybridized carbons (Fsp3) is 0.875.